The fourth-order valence-corrected chi connectivity index (χ4v) is 1.42. The van der Waals surface area contributed by atoms with E-state index in [0.717, 1.165) is 0 Å². The molecule has 0 bridgehead atoms. The summed E-state index contributed by atoms with van der Waals surface area (Å²) in [7, 11) is 0. The highest BCUT2D eigenvalue weighted by Gasteiger charge is 2.16. The number of rotatable bonds is 3. The highest BCUT2D eigenvalue weighted by atomic mass is 35.5. The molecular formula is C11H9ClFNO2. The average Bonchev–Trinajstić information content (AvgIpc) is 2.25. The van der Waals surface area contributed by atoms with Crippen molar-refractivity contribution in [2.75, 3.05) is 6.61 Å². The van der Waals surface area contributed by atoms with Gasteiger partial charge in [-0.1, -0.05) is 11.6 Å². The zero-order valence-corrected chi connectivity index (χ0v) is 9.34. The zero-order valence-electron chi connectivity index (χ0n) is 8.59. The molecule has 0 aliphatic heterocycles. The van der Waals surface area contributed by atoms with E-state index in [2.05, 4.69) is 4.74 Å². The number of hydrogen-bond donors (Lipinski definition) is 0. The van der Waals surface area contributed by atoms with Crippen molar-refractivity contribution in [2.45, 2.75) is 13.3 Å². The lowest BCUT2D eigenvalue weighted by Gasteiger charge is -2.06. The predicted octanol–water partition coefficient (Wildman–Crippen LogP) is 2.46. The Balaban J connectivity index is 3.04. The topological polar surface area (TPSA) is 50.1 Å². The number of esters is 1. The molecule has 84 valence electrons. The number of carbonyl (C=O) groups is 1. The number of nitriles is 1. The molecule has 1 aromatic rings. The van der Waals surface area contributed by atoms with Crippen LogP contribution in [-0.2, 0) is 16.0 Å². The van der Waals surface area contributed by atoms with Crippen LogP contribution < -0.4 is 0 Å². The second kappa shape index (κ2) is 5.47. The minimum Gasteiger partial charge on any atom is -0.466 e. The van der Waals surface area contributed by atoms with Crippen LogP contribution in [0.5, 0.6) is 0 Å². The van der Waals surface area contributed by atoms with Gasteiger partial charge in [-0.2, -0.15) is 5.26 Å². The summed E-state index contributed by atoms with van der Waals surface area (Å²) in [5, 5.41) is 8.74. The first-order valence-corrected chi connectivity index (χ1v) is 5.00. The standard InChI is InChI=1S/C11H9ClFNO2/c1-2-16-10(15)5-8-9(12)4-3-7(6-14)11(8)13/h3-4H,2,5H2,1H3. The molecule has 0 saturated carbocycles. The molecule has 0 aliphatic rings. The highest BCUT2D eigenvalue weighted by molar-refractivity contribution is 6.31. The summed E-state index contributed by atoms with van der Waals surface area (Å²) in [6.07, 6.45) is -0.270. The lowest BCUT2D eigenvalue weighted by Crippen LogP contribution is -2.10. The van der Waals surface area contributed by atoms with Crippen molar-refractivity contribution in [3.8, 4) is 6.07 Å². The summed E-state index contributed by atoms with van der Waals surface area (Å²) in [5.41, 5.74) is -0.136. The number of nitrogens with zero attached hydrogens (tertiary/aromatic N) is 1. The van der Waals surface area contributed by atoms with Crippen LogP contribution in [0.25, 0.3) is 0 Å². The third-order valence-electron chi connectivity index (χ3n) is 1.93. The smallest absolute Gasteiger partial charge is 0.310 e. The SMILES string of the molecule is CCOC(=O)Cc1c(Cl)ccc(C#N)c1F. The number of hydrogen-bond acceptors (Lipinski definition) is 3. The van der Waals surface area contributed by atoms with Crippen LogP contribution in [0, 0.1) is 17.1 Å². The molecule has 3 nitrogen and oxygen atoms in total. The van der Waals surface area contributed by atoms with Crippen molar-refractivity contribution in [1.29, 1.82) is 5.26 Å². The first-order valence-electron chi connectivity index (χ1n) is 4.62. The molecule has 1 aromatic carbocycles. The average molecular weight is 242 g/mol. The quantitative estimate of drug-likeness (QED) is 0.764. The molecule has 0 atom stereocenters. The largest absolute Gasteiger partial charge is 0.466 e. The van der Waals surface area contributed by atoms with E-state index in [4.69, 9.17) is 16.9 Å². The second-order valence-corrected chi connectivity index (χ2v) is 3.39. The Bertz CT molecular complexity index is 454. The minimum atomic E-state index is -0.761. The summed E-state index contributed by atoms with van der Waals surface area (Å²) >= 11 is 5.75. The van der Waals surface area contributed by atoms with Crippen LogP contribution in [-0.4, -0.2) is 12.6 Å². The Labute approximate surface area is 97.4 Å². The lowest BCUT2D eigenvalue weighted by molar-refractivity contribution is -0.142. The maximum Gasteiger partial charge on any atom is 0.310 e. The Hall–Kier alpha value is -1.60. The van der Waals surface area contributed by atoms with Crippen molar-refractivity contribution in [2.24, 2.45) is 0 Å². The van der Waals surface area contributed by atoms with Crippen LogP contribution in [0.2, 0.25) is 5.02 Å². The number of halogens is 2. The molecule has 0 N–H and O–H groups in total. The van der Waals surface area contributed by atoms with Gasteiger partial charge in [0.2, 0.25) is 0 Å². The van der Waals surface area contributed by atoms with Gasteiger partial charge in [0, 0.05) is 10.6 Å². The van der Waals surface area contributed by atoms with Crippen molar-refractivity contribution in [1.82, 2.24) is 0 Å². The van der Waals surface area contributed by atoms with Crippen LogP contribution in [0.1, 0.15) is 18.1 Å². The third-order valence-corrected chi connectivity index (χ3v) is 2.29. The normalized spacial score (nSPS) is 9.62. The molecule has 16 heavy (non-hydrogen) atoms. The molecule has 0 radical (unpaired) electrons. The van der Waals surface area contributed by atoms with E-state index in [-0.39, 0.29) is 29.2 Å². The maximum atomic E-state index is 13.6. The molecular weight excluding hydrogens is 233 g/mol. The van der Waals surface area contributed by atoms with E-state index in [9.17, 15) is 9.18 Å². The van der Waals surface area contributed by atoms with Gasteiger partial charge >= 0.3 is 5.97 Å². The van der Waals surface area contributed by atoms with E-state index < -0.39 is 11.8 Å². The van der Waals surface area contributed by atoms with Gasteiger partial charge in [0.05, 0.1) is 18.6 Å². The van der Waals surface area contributed by atoms with Crippen LogP contribution in [0.3, 0.4) is 0 Å². The van der Waals surface area contributed by atoms with Gasteiger partial charge in [-0.15, -0.1) is 0 Å². The molecule has 0 unspecified atom stereocenters. The van der Waals surface area contributed by atoms with Crippen molar-refractivity contribution < 1.29 is 13.9 Å². The fourth-order valence-electron chi connectivity index (χ4n) is 1.20. The molecule has 0 spiro atoms. The molecule has 0 saturated heterocycles. The first kappa shape index (κ1) is 12.5. The van der Waals surface area contributed by atoms with Gasteiger partial charge in [0.15, 0.2) is 0 Å². The molecule has 1 rings (SSSR count). The number of benzene rings is 1. The number of carbonyl (C=O) groups excluding carboxylic acids is 1. The molecule has 0 amide bonds. The van der Waals surface area contributed by atoms with Crippen LogP contribution >= 0.6 is 11.6 Å². The van der Waals surface area contributed by atoms with Crippen molar-refractivity contribution in [3.63, 3.8) is 0 Å². The minimum absolute atomic E-state index is 0.000772. The van der Waals surface area contributed by atoms with Crippen molar-refractivity contribution in [3.05, 3.63) is 34.1 Å². The molecule has 0 heterocycles. The molecule has 0 aliphatic carbocycles. The maximum absolute atomic E-state index is 13.6. The lowest BCUT2D eigenvalue weighted by atomic mass is 10.1. The summed E-state index contributed by atoms with van der Waals surface area (Å²) in [4.78, 5) is 11.2. The predicted molar refractivity (Wildman–Crippen MR) is 56.5 cm³/mol. The van der Waals surface area contributed by atoms with Gasteiger partial charge in [-0.3, -0.25) is 4.79 Å². The van der Waals surface area contributed by atoms with E-state index in [1.807, 2.05) is 0 Å². The summed E-state index contributed by atoms with van der Waals surface area (Å²) in [6, 6.07) is 4.34. The summed E-state index contributed by atoms with van der Waals surface area (Å²) in [5.74, 6) is -1.33. The summed E-state index contributed by atoms with van der Waals surface area (Å²) < 4.78 is 18.3. The van der Waals surface area contributed by atoms with Crippen LogP contribution in [0.4, 0.5) is 4.39 Å². The van der Waals surface area contributed by atoms with Gasteiger partial charge in [-0.25, -0.2) is 4.39 Å². The Kier molecular flexibility index (Phi) is 4.27. The van der Waals surface area contributed by atoms with Gasteiger partial charge in [0.25, 0.3) is 0 Å². The Morgan fingerprint density at radius 1 is 1.62 bits per heavy atom. The summed E-state index contributed by atoms with van der Waals surface area (Å²) in [6.45, 7) is 1.87. The fraction of sp³-hybridized carbons (Fsp3) is 0.273. The number of ether oxygens (including phenoxy) is 1. The van der Waals surface area contributed by atoms with E-state index in [1.54, 1.807) is 13.0 Å². The zero-order chi connectivity index (χ0) is 12.1. The van der Waals surface area contributed by atoms with E-state index in [1.165, 1.54) is 12.1 Å². The monoisotopic (exact) mass is 241 g/mol. The van der Waals surface area contributed by atoms with E-state index >= 15 is 0 Å². The Morgan fingerprint density at radius 3 is 2.88 bits per heavy atom. The second-order valence-electron chi connectivity index (χ2n) is 2.98. The van der Waals surface area contributed by atoms with Gasteiger partial charge in [0.1, 0.15) is 11.9 Å². The van der Waals surface area contributed by atoms with E-state index in [0.29, 0.717) is 0 Å². The Morgan fingerprint density at radius 2 is 2.31 bits per heavy atom. The van der Waals surface area contributed by atoms with Crippen molar-refractivity contribution >= 4 is 17.6 Å². The highest BCUT2D eigenvalue weighted by Crippen LogP contribution is 2.22. The van der Waals surface area contributed by atoms with Gasteiger partial charge < -0.3 is 4.74 Å². The first-order chi connectivity index (χ1) is 7.60. The van der Waals surface area contributed by atoms with Gasteiger partial charge in [-0.05, 0) is 19.1 Å². The molecule has 0 aromatic heterocycles. The third kappa shape index (κ3) is 2.71. The molecule has 0 fully saturated rings. The van der Waals surface area contributed by atoms with Crippen LogP contribution in [0.15, 0.2) is 12.1 Å². The molecule has 5 heteroatoms.